The van der Waals surface area contributed by atoms with Crippen LogP contribution in [0.25, 0.3) is 0 Å². The lowest BCUT2D eigenvalue weighted by molar-refractivity contribution is 0.0909. The van der Waals surface area contributed by atoms with Crippen LogP contribution in [-0.2, 0) is 0 Å². The van der Waals surface area contributed by atoms with E-state index in [0.717, 1.165) is 17.9 Å². The molecule has 1 fully saturated rings. The quantitative estimate of drug-likeness (QED) is 0.868. The summed E-state index contributed by atoms with van der Waals surface area (Å²) in [5.41, 5.74) is 1.23. The van der Waals surface area contributed by atoms with Gasteiger partial charge in [0, 0.05) is 17.0 Å². The molecule has 0 saturated heterocycles. The molecule has 2 aromatic rings. The Morgan fingerprint density at radius 1 is 1.15 bits per heavy atom. The summed E-state index contributed by atoms with van der Waals surface area (Å²) in [5.74, 6) is 0.295. The summed E-state index contributed by atoms with van der Waals surface area (Å²) in [6, 6.07) is 9.78. The van der Waals surface area contributed by atoms with Gasteiger partial charge in [0.2, 0.25) is 0 Å². The van der Waals surface area contributed by atoms with E-state index in [9.17, 15) is 4.79 Å². The fourth-order valence-corrected chi connectivity index (χ4v) is 3.64. The van der Waals surface area contributed by atoms with Gasteiger partial charge in [0.1, 0.15) is 4.88 Å². The molecule has 2 atom stereocenters. The zero-order chi connectivity index (χ0) is 14.1. The fourth-order valence-electron chi connectivity index (χ4n) is 2.47. The van der Waals surface area contributed by atoms with Gasteiger partial charge in [-0.2, -0.15) is 0 Å². The normalized spacial score (nSPS) is 21.3. The fraction of sp³-hybridized carbons (Fsp3) is 0.267. The van der Waals surface area contributed by atoms with Crippen molar-refractivity contribution in [2.24, 2.45) is 0 Å². The SMILES string of the molecule is O=C(N[C@H]1CC[C@H]1c1ccc(Cl)cc1)c1sccc1Cl. The second-order valence-electron chi connectivity index (χ2n) is 4.91. The molecule has 1 aliphatic rings. The Morgan fingerprint density at radius 3 is 2.45 bits per heavy atom. The zero-order valence-corrected chi connectivity index (χ0v) is 12.9. The maximum absolute atomic E-state index is 12.2. The average Bonchev–Trinajstić information content (AvgIpc) is 2.83. The molecule has 1 amide bonds. The molecule has 3 rings (SSSR count). The van der Waals surface area contributed by atoms with Crippen molar-refractivity contribution in [2.75, 3.05) is 0 Å². The van der Waals surface area contributed by atoms with Gasteiger partial charge >= 0.3 is 0 Å². The van der Waals surface area contributed by atoms with Crippen molar-refractivity contribution in [1.29, 1.82) is 0 Å². The van der Waals surface area contributed by atoms with Crippen molar-refractivity contribution in [1.82, 2.24) is 5.32 Å². The van der Waals surface area contributed by atoms with Crippen molar-refractivity contribution >= 4 is 40.4 Å². The average molecular weight is 326 g/mol. The van der Waals surface area contributed by atoms with Gasteiger partial charge in [-0.1, -0.05) is 35.3 Å². The molecule has 104 valence electrons. The first-order valence-electron chi connectivity index (χ1n) is 6.44. The van der Waals surface area contributed by atoms with Crippen LogP contribution in [0.3, 0.4) is 0 Å². The molecule has 20 heavy (non-hydrogen) atoms. The topological polar surface area (TPSA) is 29.1 Å². The Balaban J connectivity index is 1.68. The van der Waals surface area contributed by atoms with Gasteiger partial charge in [0.15, 0.2) is 0 Å². The van der Waals surface area contributed by atoms with E-state index in [1.165, 1.54) is 16.9 Å². The third-order valence-electron chi connectivity index (χ3n) is 3.71. The molecule has 5 heteroatoms. The van der Waals surface area contributed by atoms with Crippen molar-refractivity contribution in [2.45, 2.75) is 24.8 Å². The zero-order valence-electron chi connectivity index (χ0n) is 10.6. The van der Waals surface area contributed by atoms with Gasteiger partial charge in [0.25, 0.3) is 5.91 Å². The molecular weight excluding hydrogens is 313 g/mol. The maximum Gasteiger partial charge on any atom is 0.263 e. The van der Waals surface area contributed by atoms with Crippen molar-refractivity contribution in [3.63, 3.8) is 0 Å². The first-order chi connectivity index (χ1) is 9.65. The van der Waals surface area contributed by atoms with E-state index in [1.54, 1.807) is 6.07 Å². The van der Waals surface area contributed by atoms with E-state index in [4.69, 9.17) is 23.2 Å². The summed E-state index contributed by atoms with van der Waals surface area (Å²) >= 11 is 13.3. The molecule has 1 heterocycles. The summed E-state index contributed by atoms with van der Waals surface area (Å²) in [4.78, 5) is 12.7. The summed E-state index contributed by atoms with van der Waals surface area (Å²) in [6.07, 6.45) is 2.09. The standard InChI is InChI=1S/C15H13Cl2NOS/c16-10-3-1-9(2-4-10)11-5-6-13(11)18-15(19)14-12(17)7-8-20-14/h1-4,7-8,11,13H,5-6H2,(H,18,19)/t11-,13-/m0/s1. The van der Waals surface area contributed by atoms with E-state index < -0.39 is 0 Å². The van der Waals surface area contributed by atoms with Crippen LogP contribution in [0, 0.1) is 0 Å². The van der Waals surface area contributed by atoms with Crippen molar-refractivity contribution < 1.29 is 4.79 Å². The van der Waals surface area contributed by atoms with Crippen LogP contribution >= 0.6 is 34.5 Å². The number of carbonyl (C=O) groups excluding carboxylic acids is 1. The number of nitrogens with one attached hydrogen (secondary N) is 1. The molecule has 0 radical (unpaired) electrons. The Kier molecular flexibility index (Phi) is 4.01. The minimum Gasteiger partial charge on any atom is -0.348 e. The molecule has 2 nitrogen and oxygen atoms in total. The first-order valence-corrected chi connectivity index (χ1v) is 8.08. The molecule has 0 spiro atoms. The smallest absolute Gasteiger partial charge is 0.263 e. The van der Waals surface area contributed by atoms with Crippen LogP contribution < -0.4 is 5.32 Å². The maximum atomic E-state index is 12.2. The summed E-state index contributed by atoms with van der Waals surface area (Å²) in [5, 5.41) is 6.16. The number of halogens is 2. The second kappa shape index (κ2) is 5.76. The summed E-state index contributed by atoms with van der Waals surface area (Å²) < 4.78 is 0. The van der Waals surface area contributed by atoms with Gasteiger partial charge in [-0.25, -0.2) is 0 Å². The number of hydrogen-bond donors (Lipinski definition) is 1. The number of benzene rings is 1. The van der Waals surface area contributed by atoms with Crippen LogP contribution in [0.4, 0.5) is 0 Å². The monoisotopic (exact) mass is 325 g/mol. The highest BCUT2D eigenvalue weighted by Crippen LogP contribution is 2.37. The number of carbonyl (C=O) groups is 1. The number of rotatable bonds is 3. The number of hydrogen-bond acceptors (Lipinski definition) is 2. The molecule has 1 aliphatic carbocycles. The lowest BCUT2D eigenvalue weighted by Crippen LogP contribution is -2.45. The largest absolute Gasteiger partial charge is 0.348 e. The minimum absolute atomic E-state index is 0.0753. The molecule has 1 saturated carbocycles. The molecule has 1 aromatic heterocycles. The Bertz CT molecular complexity index is 623. The lowest BCUT2D eigenvalue weighted by Gasteiger charge is -2.37. The number of thiophene rings is 1. The molecular formula is C15H13Cl2NOS. The molecule has 0 aliphatic heterocycles. The first kappa shape index (κ1) is 13.9. The van der Waals surface area contributed by atoms with Crippen LogP contribution in [0.1, 0.15) is 34.0 Å². The minimum atomic E-state index is -0.0753. The molecule has 0 bridgehead atoms. The van der Waals surface area contributed by atoms with Crippen molar-refractivity contribution in [3.05, 3.63) is 56.2 Å². The highest BCUT2D eigenvalue weighted by molar-refractivity contribution is 7.12. The summed E-state index contributed by atoms with van der Waals surface area (Å²) in [6.45, 7) is 0. The van der Waals surface area contributed by atoms with Gasteiger partial charge < -0.3 is 5.32 Å². The lowest BCUT2D eigenvalue weighted by atomic mass is 9.75. The Morgan fingerprint density at radius 2 is 1.90 bits per heavy atom. The van der Waals surface area contributed by atoms with Crippen LogP contribution in [0.2, 0.25) is 10.0 Å². The third-order valence-corrected chi connectivity index (χ3v) is 5.30. The Hall–Kier alpha value is -1.03. The van der Waals surface area contributed by atoms with Crippen LogP contribution in [0.5, 0.6) is 0 Å². The molecule has 0 unspecified atom stereocenters. The van der Waals surface area contributed by atoms with Gasteiger partial charge in [-0.15, -0.1) is 11.3 Å². The highest BCUT2D eigenvalue weighted by Gasteiger charge is 2.33. The van der Waals surface area contributed by atoms with Crippen LogP contribution in [-0.4, -0.2) is 11.9 Å². The second-order valence-corrected chi connectivity index (χ2v) is 6.67. The highest BCUT2D eigenvalue weighted by atomic mass is 35.5. The van der Waals surface area contributed by atoms with Gasteiger partial charge in [-0.3, -0.25) is 4.79 Å². The van der Waals surface area contributed by atoms with E-state index in [2.05, 4.69) is 5.32 Å². The predicted octanol–water partition coefficient (Wildman–Crippen LogP) is 4.73. The molecule has 1 aromatic carbocycles. The molecule has 1 N–H and O–H groups in total. The predicted molar refractivity (Wildman–Crippen MR) is 84.0 cm³/mol. The van der Waals surface area contributed by atoms with Gasteiger partial charge in [-0.05, 0) is 42.0 Å². The summed E-state index contributed by atoms with van der Waals surface area (Å²) in [7, 11) is 0. The van der Waals surface area contributed by atoms with E-state index in [1.807, 2.05) is 29.6 Å². The van der Waals surface area contributed by atoms with Crippen LogP contribution in [0.15, 0.2) is 35.7 Å². The van der Waals surface area contributed by atoms with Gasteiger partial charge in [0.05, 0.1) is 5.02 Å². The Labute approximate surface area is 131 Å². The van der Waals surface area contributed by atoms with E-state index in [0.29, 0.717) is 15.8 Å². The van der Waals surface area contributed by atoms with E-state index in [-0.39, 0.29) is 11.9 Å². The van der Waals surface area contributed by atoms with E-state index >= 15 is 0 Å². The van der Waals surface area contributed by atoms with Crippen molar-refractivity contribution in [3.8, 4) is 0 Å². The number of amides is 1. The third kappa shape index (κ3) is 2.71.